The Morgan fingerprint density at radius 1 is 1.22 bits per heavy atom. The van der Waals surface area contributed by atoms with Gasteiger partial charge in [0.25, 0.3) is 0 Å². The molecule has 0 fully saturated rings. The van der Waals surface area contributed by atoms with Gasteiger partial charge in [-0.3, -0.25) is 0 Å². The number of nitrogens with zero attached hydrogens (tertiary/aromatic N) is 3. The first-order valence-electron chi connectivity index (χ1n) is 7.29. The number of benzene rings is 1. The van der Waals surface area contributed by atoms with Crippen molar-refractivity contribution in [1.82, 2.24) is 4.98 Å². The number of aromatic nitrogens is 1. The Kier molecular flexibility index (Phi) is 3.71. The molecule has 2 aromatic heterocycles. The Morgan fingerprint density at radius 2 is 2.13 bits per heavy atom. The van der Waals surface area contributed by atoms with E-state index in [2.05, 4.69) is 11.1 Å². The van der Waals surface area contributed by atoms with E-state index < -0.39 is 0 Å². The number of rotatable bonds is 3. The molecule has 116 valence electrons. The highest BCUT2D eigenvalue weighted by Crippen LogP contribution is 2.38. The van der Waals surface area contributed by atoms with Crippen LogP contribution in [0.2, 0.25) is 0 Å². The molecule has 0 saturated carbocycles. The van der Waals surface area contributed by atoms with Crippen LogP contribution in [0.1, 0.15) is 28.6 Å². The molecule has 0 bridgehead atoms. The van der Waals surface area contributed by atoms with Gasteiger partial charge in [0.1, 0.15) is 5.82 Å². The molecule has 0 spiro atoms. The first-order valence-corrected chi connectivity index (χ1v) is 9.05. The highest BCUT2D eigenvalue weighted by Gasteiger charge is 2.32. The summed E-state index contributed by atoms with van der Waals surface area (Å²) in [5, 5.41) is 11.6. The molecule has 1 aromatic carbocycles. The number of anilines is 1. The molecule has 1 unspecified atom stereocenters. The lowest BCUT2D eigenvalue weighted by molar-refractivity contribution is 0.618. The highest BCUT2D eigenvalue weighted by atomic mass is 32.1. The van der Waals surface area contributed by atoms with Crippen molar-refractivity contribution in [2.75, 3.05) is 5.01 Å². The van der Waals surface area contributed by atoms with E-state index >= 15 is 0 Å². The summed E-state index contributed by atoms with van der Waals surface area (Å²) in [6, 6.07) is 10.8. The predicted octanol–water partition coefficient (Wildman–Crippen LogP) is 5.01. The first kappa shape index (κ1) is 14.5. The number of hydrogen-bond acceptors (Lipinski definition) is 5. The van der Waals surface area contributed by atoms with E-state index in [1.165, 1.54) is 6.07 Å². The third kappa shape index (κ3) is 2.80. The van der Waals surface area contributed by atoms with Crippen LogP contribution in [-0.4, -0.2) is 10.7 Å². The predicted molar refractivity (Wildman–Crippen MR) is 93.9 cm³/mol. The minimum atomic E-state index is -0.220. The van der Waals surface area contributed by atoms with Gasteiger partial charge < -0.3 is 0 Å². The van der Waals surface area contributed by atoms with Crippen molar-refractivity contribution in [2.24, 2.45) is 5.10 Å². The van der Waals surface area contributed by atoms with Crippen molar-refractivity contribution in [3.63, 3.8) is 0 Å². The zero-order valence-electron chi connectivity index (χ0n) is 12.4. The van der Waals surface area contributed by atoms with Crippen LogP contribution in [0.5, 0.6) is 0 Å². The highest BCUT2D eigenvalue weighted by molar-refractivity contribution is 7.13. The minimum absolute atomic E-state index is 0.0200. The smallest absolute Gasteiger partial charge is 0.206 e. The second-order valence-corrected chi connectivity index (χ2v) is 7.20. The van der Waals surface area contributed by atoms with E-state index in [0.29, 0.717) is 0 Å². The summed E-state index contributed by atoms with van der Waals surface area (Å²) in [7, 11) is 0. The molecule has 0 N–H and O–H groups in total. The lowest BCUT2D eigenvalue weighted by atomic mass is 10.0. The molecule has 4 rings (SSSR count). The molecule has 1 aliphatic heterocycles. The third-order valence-electron chi connectivity index (χ3n) is 3.75. The second-order valence-electron chi connectivity index (χ2n) is 5.41. The summed E-state index contributed by atoms with van der Waals surface area (Å²) in [5.41, 5.74) is 2.93. The Morgan fingerprint density at radius 3 is 2.83 bits per heavy atom. The van der Waals surface area contributed by atoms with Crippen molar-refractivity contribution >= 4 is 33.5 Å². The zero-order chi connectivity index (χ0) is 15.8. The molecule has 6 heteroatoms. The van der Waals surface area contributed by atoms with Gasteiger partial charge in [-0.25, -0.2) is 14.4 Å². The number of hydrogen-bond donors (Lipinski definition) is 0. The molecule has 1 atom stereocenters. The van der Waals surface area contributed by atoms with Crippen LogP contribution >= 0.6 is 22.7 Å². The molecule has 3 aromatic rings. The van der Waals surface area contributed by atoms with Gasteiger partial charge in [-0.1, -0.05) is 18.2 Å². The number of thiazole rings is 1. The van der Waals surface area contributed by atoms with Crippen LogP contribution in [-0.2, 0) is 0 Å². The fourth-order valence-corrected chi connectivity index (χ4v) is 4.22. The summed E-state index contributed by atoms with van der Waals surface area (Å²) in [4.78, 5) is 5.71. The Hall–Kier alpha value is -2.05. The van der Waals surface area contributed by atoms with Gasteiger partial charge in [-0.15, -0.1) is 22.7 Å². The summed E-state index contributed by atoms with van der Waals surface area (Å²) in [6.45, 7) is 1.97. The molecular weight excluding hydrogens is 329 g/mol. The maximum atomic E-state index is 13.7. The summed E-state index contributed by atoms with van der Waals surface area (Å²) in [5.74, 6) is -0.220. The first-order chi connectivity index (χ1) is 11.2. The van der Waals surface area contributed by atoms with Gasteiger partial charge in [-0.05, 0) is 36.1 Å². The monoisotopic (exact) mass is 343 g/mol. The van der Waals surface area contributed by atoms with Crippen LogP contribution in [0, 0.1) is 12.7 Å². The fourth-order valence-electron chi connectivity index (χ4n) is 2.70. The fraction of sp³-hybridized carbons (Fsp3) is 0.176. The van der Waals surface area contributed by atoms with E-state index in [-0.39, 0.29) is 11.9 Å². The van der Waals surface area contributed by atoms with E-state index in [9.17, 15) is 4.39 Å². The molecule has 0 aliphatic carbocycles. The van der Waals surface area contributed by atoms with Crippen molar-refractivity contribution in [2.45, 2.75) is 19.4 Å². The van der Waals surface area contributed by atoms with E-state index in [0.717, 1.165) is 33.4 Å². The molecular formula is C17H14FN3S2. The van der Waals surface area contributed by atoms with Crippen molar-refractivity contribution in [3.8, 4) is 0 Å². The van der Waals surface area contributed by atoms with E-state index in [4.69, 9.17) is 5.10 Å². The molecule has 0 amide bonds. The SMILES string of the molecule is Cc1csc(N2N=C(c3cccs3)CC2c2cccc(F)c2)n1. The van der Waals surface area contributed by atoms with E-state index in [1.54, 1.807) is 34.8 Å². The summed E-state index contributed by atoms with van der Waals surface area (Å²) < 4.78 is 13.7. The molecule has 1 aliphatic rings. The Bertz CT molecular complexity index is 854. The largest absolute Gasteiger partial charge is 0.231 e. The molecule has 3 nitrogen and oxygen atoms in total. The van der Waals surface area contributed by atoms with Gasteiger partial charge in [0.05, 0.1) is 22.3 Å². The average molecular weight is 343 g/mol. The zero-order valence-corrected chi connectivity index (χ0v) is 14.1. The van der Waals surface area contributed by atoms with Gasteiger partial charge in [0.2, 0.25) is 5.13 Å². The molecule has 0 saturated heterocycles. The molecule has 0 radical (unpaired) electrons. The Balaban J connectivity index is 1.75. The van der Waals surface area contributed by atoms with Crippen LogP contribution in [0.15, 0.2) is 52.3 Å². The average Bonchev–Trinajstić information content (AvgIpc) is 3.26. The van der Waals surface area contributed by atoms with Gasteiger partial charge in [0, 0.05) is 11.8 Å². The summed E-state index contributed by atoms with van der Waals surface area (Å²) in [6.07, 6.45) is 0.753. The van der Waals surface area contributed by atoms with E-state index in [1.807, 2.05) is 34.8 Å². The van der Waals surface area contributed by atoms with Crippen molar-refractivity contribution in [1.29, 1.82) is 0 Å². The van der Waals surface area contributed by atoms with Crippen LogP contribution in [0.4, 0.5) is 9.52 Å². The van der Waals surface area contributed by atoms with Gasteiger partial charge >= 0.3 is 0 Å². The number of halogens is 1. The minimum Gasteiger partial charge on any atom is -0.231 e. The number of hydrazone groups is 1. The maximum absolute atomic E-state index is 13.7. The van der Waals surface area contributed by atoms with Gasteiger partial charge in [-0.2, -0.15) is 5.10 Å². The molecule has 23 heavy (non-hydrogen) atoms. The lowest BCUT2D eigenvalue weighted by Gasteiger charge is -2.21. The van der Waals surface area contributed by atoms with Crippen molar-refractivity contribution in [3.05, 3.63) is 69.1 Å². The maximum Gasteiger partial charge on any atom is 0.206 e. The third-order valence-corrected chi connectivity index (χ3v) is 5.62. The second kappa shape index (κ2) is 5.86. The number of thiophene rings is 1. The van der Waals surface area contributed by atoms with Crippen LogP contribution in [0.25, 0.3) is 0 Å². The molecule has 3 heterocycles. The quantitative estimate of drug-likeness (QED) is 0.669. The van der Waals surface area contributed by atoms with Crippen LogP contribution in [0.3, 0.4) is 0 Å². The Labute approximate surface area is 141 Å². The lowest BCUT2D eigenvalue weighted by Crippen LogP contribution is -2.18. The summed E-state index contributed by atoms with van der Waals surface area (Å²) >= 11 is 3.24. The normalized spacial score (nSPS) is 17.6. The standard InChI is InChI=1S/C17H14FN3S2/c1-11-10-23-17(19-11)21-15(12-4-2-5-13(18)8-12)9-14(20-21)16-6-3-7-22-16/h2-8,10,15H,9H2,1H3. The topological polar surface area (TPSA) is 28.5 Å². The van der Waals surface area contributed by atoms with Gasteiger partial charge in [0.15, 0.2) is 0 Å². The van der Waals surface area contributed by atoms with Crippen molar-refractivity contribution < 1.29 is 4.39 Å². The number of aryl methyl sites for hydroxylation is 1. The van der Waals surface area contributed by atoms with Crippen LogP contribution < -0.4 is 5.01 Å².